The number of aliphatic carboxylic acids is 1. The minimum absolute atomic E-state index is 0.365. The molecule has 0 aromatic heterocycles. The highest BCUT2D eigenvalue weighted by Gasteiger charge is 2.38. The Hall–Kier alpha value is -1.84. The van der Waals surface area contributed by atoms with E-state index in [0.29, 0.717) is 5.56 Å². The molecule has 0 radical (unpaired) electrons. The molecule has 1 aromatic carbocycles. The fourth-order valence-electron chi connectivity index (χ4n) is 1.17. The molecule has 14 heavy (non-hydrogen) atoms. The first kappa shape index (κ1) is 10.2. The quantitative estimate of drug-likeness (QED) is 0.492. The van der Waals surface area contributed by atoms with Crippen molar-refractivity contribution in [3.8, 4) is 0 Å². The Morgan fingerprint density at radius 3 is 2.29 bits per heavy atom. The zero-order valence-electron chi connectivity index (χ0n) is 7.82. The predicted octanol–water partition coefficient (Wildman–Crippen LogP) is 0.965. The van der Waals surface area contributed by atoms with E-state index >= 15 is 0 Å². The van der Waals surface area contributed by atoms with Crippen LogP contribution in [-0.4, -0.2) is 16.9 Å². The maximum atomic E-state index is 11.0. The van der Waals surface area contributed by atoms with Gasteiger partial charge in [-0.2, -0.15) is 0 Å². The molecule has 0 fully saturated rings. The first-order chi connectivity index (χ1) is 6.49. The fourth-order valence-corrected chi connectivity index (χ4v) is 1.17. The summed E-state index contributed by atoms with van der Waals surface area (Å²) in [6.45, 7) is 1.42. The van der Waals surface area contributed by atoms with E-state index in [4.69, 9.17) is 16.2 Å². The molecule has 0 amide bonds. The van der Waals surface area contributed by atoms with Gasteiger partial charge in [0.1, 0.15) is 11.3 Å². The van der Waals surface area contributed by atoms with E-state index in [9.17, 15) is 4.79 Å². The Morgan fingerprint density at radius 2 is 1.93 bits per heavy atom. The van der Waals surface area contributed by atoms with Crippen molar-refractivity contribution in [3.05, 3.63) is 35.9 Å². The SMILES string of the molecule is CC(C(=N)N)(C(=O)O)c1ccccc1. The van der Waals surface area contributed by atoms with Crippen molar-refractivity contribution in [2.45, 2.75) is 12.3 Å². The lowest BCUT2D eigenvalue weighted by Crippen LogP contribution is -2.44. The number of hydrogen-bond donors (Lipinski definition) is 3. The van der Waals surface area contributed by atoms with E-state index in [1.807, 2.05) is 0 Å². The summed E-state index contributed by atoms with van der Waals surface area (Å²) in [7, 11) is 0. The summed E-state index contributed by atoms with van der Waals surface area (Å²) in [4.78, 5) is 11.0. The molecule has 4 N–H and O–H groups in total. The smallest absolute Gasteiger partial charge is 0.321 e. The van der Waals surface area contributed by atoms with Crippen molar-refractivity contribution in [3.63, 3.8) is 0 Å². The van der Waals surface area contributed by atoms with E-state index in [1.54, 1.807) is 30.3 Å². The largest absolute Gasteiger partial charge is 0.480 e. The molecule has 4 nitrogen and oxygen atoms in total. The van der Waals surface area contributed by atoms with Crippen molar-refractivity contribution in [1.82, 2.24) is 0 Å². The molecule has 0 saturated heterocycles. The highest BCUT2D eigenvalue weighted by Crippen LogP contribution is 2.23. The number of hydrogen-bond acceptors (Lipinski definition) is 2. The molecule has 0 heterocycles. The molecular weight excluding hydrogens is 180 g/mol. The first-order valence-corrected chi connectivity index (χ1v) is 4.13. The number of carbonyl (C=O) groups is 1. The summed E-state index contributed by atoms with van der Waals surface area (Å²) >= 11 is 0. The Morgan fingerprint density at radius 1 is 1.43 bits per heavy atom. The van der Waals surface area contributed by atoms with E-state index in [0.717, 1.165) is 0 Å². The van der Waals surface area contributed by atoms with Gasteiger partial charge in [-0.1, -0.05) is 30.3 Å². The van der Waals surface area contributed by atoms with Crippen LogP contribution in [0.3, 0.4) is 0 Å². The molecule has 0 aliphatic rings. The van der Waals surface area contributed by atoms with Gasteiger partial charge in [0.2, 0.25) is 0 Å². The topological polar surface area (TPSA) is 87.2 Å². The summed E-state index contributed by atoms with van der Waals surface area (Å²) in [5.41, 5.74) is 4.39. The van der Waals surface area contributed by atoms with Gasteiger partial charge < -0.3 is 10.8 Å². The minimum Gasteiger partial charge on any atom is -0.480 e. The molecule has 74 valence electrons. The monoisotopic (exact) mass is 192 g/mol. The van der Waals surface area contributed by atoms with E-state index in [2.05, 4.69) is 0 Å². The van der Waals surface area contributed by atoms with Gasteiger partial charge in [0.15, 0.2) is 0 Å². The second-order valence-corrected chi connectivity index (χ2v) is 3.21. The average molecular weight is 192 g/mol. The summed E-state index contributed by atoms with van der Waals surface area (Å²) in [6, 6.07) is 8.52. The number of rotatable bonds is 3. The van der Waals surface area contributed by atoms with Gasteiger partial charge in [0.05, 0.1) is 0 Å². The molecule has 4 heteroatoms. The van der Waals surface area contributed by atoms with Gasteiger partial charge in [-0.05, 0) is 12.5 Å². The molecule has 0 bridgehead atoms. The molecule has 1 atom stereocenters. The predicted molar refractivity (Wildman–Crippen MR) is 53.3 cm³/mol. The summed E-state index contributed by atoms with van der Waals surface area (Å²) < 4.78 is 0. The standard InChI is InChI=1S/C10H12N2O2/c1-10(8(11)12,9(13)14)7-5-3-2-4-6-7/h2-6H,1H3,(H3,11,12)(H,13,14). The molecule has 1 unspecified atom stereocenters. The number of carboxylic acid groups (broad SMARTS) is 1. The lowest BCUT2D eigenvalue weighted by atomic mass is 9.81. The maximum absolute atomic E-state index is 11.0. The van der Waals surface area contributed by atoms with Crippen LogP contribution in [0.25, 0.3) is 0 Å². The summed E-state index contributed by atoms with van der Waals surface area (Å²) in [5, 5.41) is 16.3. The van der Waals surface area contributed by atoms with Crippen LogP contribution in [0, 0.1) is 5.41 Å². The van der Waals surface area contributed by atoms with Crippen molar-refractivity contribution in [2.24, 2.45) is 5.73 Å². The van der Waals surface area contributed by atoms with Crippen LogP contribution in [0.1, 0.15) is 12.5 Å². The minimum atomic E-state index is -1.43. The Balaban J connectivity index is 3.27. The van der Waals surface area contributed by atoms with Crippen LogP contribution >= 0.6 is 0 Å². The number of benzene rings is 1. The lowest BCUT2D eigenvalue weighted by molar-refractivity contribution is -0.140. The summed E-state index contributed by atoms with van der Waals surface area (Å²) in [6.07, 6.45) is 0. The molecule has 0 saturated carbocycles. The average Bonchev–Trinajstić information content (AvgIpc) is 2.17. The zero-order chi connectivity index (χ0) is 10.8. The molecule has 0 spiro atoms. The lowest BCUT2D eigenvalue weighted by Gasteiger charge is -2.23. The third kappa shape index (κ3) is 1.46. The summed E-state index contributed by atoms with van der Waals surface area (Å²) in [5.74, 6) is -1.48. The Bertz CT molecular complexity index is 346. The zero-order valence-corrected chi connectivity index (χ0v) is 7.82. The normalized spacial score (nSPS) is 14.4. The first-order valence-electron chi connectivity index (χ1n) is 4.13. The third-order valence-electron chi connectivity index (χ3n) is 2.32. The van der Waals surface area contributed by atoms with Gasteiger partial charge >= 0.3 is 5.97 Å². The van der Waals surface area contributed by atoms with Gasteiger partial charge in [-0.25, -0.2) is 0 Å². The Kier molecular flexibility index (Phi) is 2.56. The van der Waals surface area contributed by atoms with Gasteiger partial charge in [-0.3, -0.25) is 10.2 Å². The number of amidine groups is 1. The van der Waals surface area contributed by atoms with Crippen molar-refractivity contribution >= 4 is 11.8 Å². The molecule has 1 aromatic rings. The van der Waals surface area contributed by atoms with Crippen molar-refractivity contribution in [2.75, 3.05) is 0 Å². The van der Waals surface area contributed by atoms with Crippen LogP contribution in [-0.2, 0) is 10.2 Å². The van der Waals surface area contributed by atoms with Gasteiger partial charge in [0, 0.05) is 0 Å². The van der Waals surface area contributed by atoms with Crippen LogP contribution in [0.4, 0.5) is 0 Å². The fraction of sp³-hybridized carbons (Fsp3) is 0.200. The highest BCUT2D eigenvalue weighted by molar-refractivity contribution is 6.08. The third-order valence-corrected chi connectivity index (χ3v) is 2.32. The van der Waals surface area contributed by atoms with Crippen LogP contribution in [0.2, 0.25) is 0 Å². The van der Waals surface area contributed by atoms with Gasteiger partial charge in [-0.15, -0.1) is 0 Å². The number of nitrogens with one attached hydrogen (secondary N) is 1. The second kappa shape index (κ2) is 3.49. The van der Waals surface area contributed by atoms with E-state index in [-0.39, 0.29) is 5.84 Å². The number of nitrogens with two attached hydrogens (primary N) is 1. The molecule has 0 aliphatic heterocycles. The Labute approximate surface area is 81.9 Å². The maximum Gasteiger partial charge on any atom is 0.321 e. The second-order valence-electron chi connectivity index (χ2n) is 3.21. The molecule has 0 aliphatic carbocycles. The van der Waals surface area contributed by atoms with Crippen LogP contribution in [0.5, 0.6) is 0 Å². The van der Waals surface area contributed by atoms with Crippen LogP contribution < -0.4 is 5.73 Å². The van der Waals surface area contributed by atoms with Crippen LogP contribution in [0.15, 0.2) is 30.3 Å². The van der Waals surface area contributed by atoms with Crippen molar-refractivity contribution in [1.29, 1.82) is 5.41 Å². The van der Waals surface area contributed by atoms with E-state index in [1.165, 1.54) is 6.92 Å². The highest BCUT2D eigenvalue weighted by atomic mass is 16.4. The van der Waals surface area contributed by atoms with Crippen molar-refractivity contribution < 1.29 is 9.90 Å². The molecular formula is C10H12N2O2. The molecule has 1 rings (SSSR count). The van der Waals surface area contributed by atoms with Gasteiger partial charge in [0.25, 0.3) is 0 Å². The van der Waals surface area contributed by atoms with E-state index < -0.39 is 11.4 Å². The number of carboxylic acids is 1.